The summed E-state index contributed by atoms with van der Waals surface area (Å²) in [4.78, 5) is 0. The van der Waals surface area contributed by atoms with Crippen LogP contribution in [0.3, 0.4) is 0 Å². The van der Waals surface area contributed by atoms with Crippen LogP contribution in [0.15, 0.2) is 0 Å². The Bertz CT molecular complexity index is 202. The Morgan fingerprint density at radius 1 is 1.00 bits per heavy atom. The van der Waals surface area contributed by atoms with Gasteiger partial charge in [0.1, 0.15) is 0 Å². The fraction of sp³-hybridized carbons (Fsp3) is 1.00. The molecule has 0 atom stereocenters. The van der Waals surface area contributed by atoms with Crippen molar-refractivity contribution in [3.63, 3.8) is 0 Å². The van der Waals surface area contributed by atoms with Crippen molar-refractivity contribution in [3.8, 4) is 0 Å². The summed E-state index contributed by atoms with van der Waals surface area (Å²) in [7, 11) is 0. The van der Waals surface area contributed by atoms with Gasteiger partial charge >= 0.3 is 0 Å². The van der Waals surface area contributed by atoms with Crippen molar-refractivity contribution in [2.45, 2.75) is 44.3 Å². The van der Waals surface area contributed by atoms with Crippen LogP contribution < -0.4 is 0 Å². The summed E-state index contributed by atoms with van der Waals surface area (Å²) in [5.74, 6) is 1.95. The maximum atomic E-state index is 10.3. The molecule has 4 aliphatic rings. The Labute approximate surface area is 79.0 Å². The molecule has 0 unspecified atom stereocenters. The molecule has 0 amide bonds. The molecular weight excluding hydrogens is 164 g/mol. The van der Waals surface area contributed by atoms with Gasteiger partial charge in [0.05, 0.1) is 11.7 Å². The molecule has 4 aliphatic carbocycles. The molecule has 0 aromatic carbocycles. The lowest BCUT2D eigenvalue weighted by Crippen LogP contribution is -2.60. The number of aliphatic hydroxyl groups is 2. The minimum absolute atomic E-state index is 0.0522. The van der Waals surface area contributed by atoms with Crippen molar-refractivity contribution in [1.29, 1.82) is 0 Å². The van der Waals surface area contributed by atoms with E-state index in [4.69, 9.17) is 0 Å². The predicted molar refractivity (Wildman–Crippen MR) is 49.1 cm³/mol. The van der Waals surface area contributed by atoms with Crippen molar-refractivity contribution < 1.29 is 10.2 Å². The van der Waals surface area contributed by atoms with Crippen LogP contribution in [0.4, 0.5) is 0 Å². The summed E-state index contributed by atoms with van der Waals surface area (Å²) >= 11 is 0. The summed E-state index contributed by atoms with van der Waals surface area (Å²) in [5, 5.41) is 20.2. The Hall–Kier alpha value is -0.0800. The van der Waals surface area contributed by atoms with Gasteiger partial charge in [0, 0.05) is 0 Å². The van der Waals surface area contributed by atoms with Crippen molar-refractivity contribution in [3.05, 3.63) is 0 Å². The lowest BCUT2D eigenvalue weighted by atomic mass is 9.49. The predicted octanol–water partition coefficient (Wildman–Crippen LogP) is 1.16. The molecular formula is C11H18O2. The van der Waals surface area contributed by atoms with Gasteiger partial charge in [-0.25, -0.2) is 0 Å². The molecule has 0 aliphatic heterocycles. The van der Waals surface area contributed by atoms with Crippen molar-refractivity contribution in [2.24, 2.45) is 23.7 Å². The van der Waals surface area contributed by atoms with E-state index >= 15 is 0 Å². The second-order valence-corrected chi connectivity index (χ2v) is 5.57. The largest absolute Gasteiger partial charge is 0.393 e. The maximum absolute atomic E-state index is 10.3. The first-order chi connectivity index (χ1) is 6.09. The summed E-state index contributed by atoms with van der Waals surface area (Å²) in [6.45, 7) is 2.01. The molecule has 2 N–H and O–H groups in total. The van der Waals surface area contributed by atoms with Gasteiger partial charge in [-0.3, -0.25) is 0 Å². The number of hydrogen-bond donors (Lipinski definition) is 2. The molecule has 4 bridgehead atoms. The first-order valence-corrected chi connectivity index (χ1v) is 5.49. The average Bonchev–Trinajstić information content (AvgIpc) is 2.00. The summed E-state index contributed by atoms with van der Waals surface area (Å²) in [6.07, 6.45) is 4.17. The van der Waals surface area contributed by atoms with E-state index in [2.05, 4.69) is 0 Å². The molecule has 74 valence electrons. The molecule has 2 heteroatoms. The van der Waals surface area contributed by atoms with Crippen molar-refractivity contribution >= 4 is 0 Å². The Kier molecular flexibility index (Phi) is 1.45. The van der Waals surface area contributed by atoms with Gasteiger partial charge in [-0.05, 0) is 56.3 Å². The van der Waals surface area contributed by atoms with Gasteiger partial charge in [0.2, 0.25) is 0 Å². The highest BCUT2D eigenvalue weighted by Crippen LogP contribution is 2.57. The molecule has 0 spiro atoms. The van der Waals surface area contributed by atoms with E-state index in [1.807, 2.05) is 6.92 Å². The average molecular weight is 182 g/mol. The van der Waals surface area contributed by atoms with Crippen LogP contribution in [0, 0.1) is 23.7 Å². The van der Waals surface area contributed by atoms with Crippen LogP contribution in [-0.4, -0.2) is 21.9 Å². The molecule has 13 heavy (non-hydrogen) atoms. The fourth-order valence-electron chi connectivity index (χ4n) is 4.08. The van der Waals surface area contributed by atoms with E-state index < -0.39 is 5.60 Å². The number of hydrogen-bond acceptors (Lipinski definition) is 2. The summed E-state index contributed by atoms with van der Waals surface area (Å²) in [6, 6.07) is 0. The van der Waals surface area contributed by atoms with Gasteiger partial charge < -0.3 is 10.2 Å². The Balaban J connectivity index is 1.95. The van der Waals surface area contributed by atoms with Crippen LogP contribution in [0.5, 0.6) is 0 Å². The van der Waals surface area contributed by atoms with Crippen LogP contribution in [0.25, 0.3) is 0 Å². The second-order valence-electron chi connectivity index (χ2n) is 5.57. The molecule has 4 saturated carbocycles. The highest BCUT2D eigenvalue weighted by molar-refractivity contribution is 5.07. The van der Waals surface area contributed by atoms with E-state index in [0.29, 0.717) is 23.7 Å². The zero-order chi connectivity index (χ0) is 9.22. The van der Waals surface area contributed by atoms with E-state index in [1.165, 1.54) is 0 Å². The minimum Gasteiger partial charge on any atom is -0.393 e. The van der Waals surface area contributed by atoms with Crippen LogP contribution in [-0.2, 0) is 0 Å². The highest BCUT2D eigenvalue weighted by atomic mass is 16.3. The van der Waals surface area contributed by atoms with Gasteiger partial charge in [0.15, 0.2) is 0 Å². The third-order valence-electron chi connectivity index (χ3n) is 4.97. The number of rotatable bonds is 0. The van der Waals surface area contributed by atoms with Gasteiger partial charge in [-0.1, -0.05) is 0 Å². The molecule has 2 nitrogen and oxygen atoms in total. The zero-order valence-electron chi connectivity index (χ0n) is 8.11. The van der Waals surface area contributed by atoms with Crippen LogP contribution >= 0.6 is 0 Å². The molecule has 0 aromatic heterocycles. The molecule has 0 heterocycles. The van der Waals surface area contributed by atoms with Crippen LogP contribution in [0.2, 0.25) is 0 Å². The van der Waals surface area contributed by atoms with Crippen molar-refractivity contribution in [1.82, 2.24) is 0 Å². The van der Waals surface area contributed by atoms with Gasteiger partial charge in [-0.15, -0.1) is 0 Å². The Morgan fingerprint density at radius 2 is 1.38 bits per heavy atom. The standard InChI is InChI=1S/C11H18O2/c1-11(13)8-2-6-3-9(11)5-7(4-8)10(6)12/h6-10,12-13H,2-5H2,1H3. The fourth-order valence-corrected chi connectivity index (χ4v) is 4.08. The van der Waals surface area contributed by atoms with E-state index in [0.717, 1.165) is 25.7 Å². The molecule has 0 aromatic rings. The molecule has 4 fully saturated rings. The van der Waals surface area contributed by atoms with E-state index in [9.17, 15) is 10.2 Å². The van der Waals surface area contributed by atoms with Gasteiger partial charge in [-0.2, -0.15) is 0 Å². The monoisotopic (exact) mass is 182 g/mol. The first kappa shape index (κ1) is 8.25. The highest BCUT2D eigenvalue weighted by Gasteiger charge is 2.57. The normalized spacial score (nSPS) is 64.4. The van der Waals surface area contributed by atoms with E-state index in [-0.39, 0.29) is 6.10 Å². The third kappa shape index (κ3) is 0.909. The maximum Gasteiger partial charge on any atom is 0.0676 e. The van der Waals surface area contributed by atoms with Crippen LogP contribution in [0.1, 0.15) is 32.6 Å². The SMILES string of the molecule is CC1(O)C2CC3CC1CC(C2)C3O. The topological polar surface area (TPSA) is 40.5 Å². The zero-order valence-corrected chi connectivity index (χ0v) is 8.11. The minimum atomic E-state index is -0.423. The summed E-state index contributed by atoms with van der Waals surface area (Å²) < 4.78 is 0. The number of aliphatic hydroxyl groups excluding tert-OH is 1. The molecule has 0 saturated heterocycles. The van der Waals surface area contributed by atoms with Crippen molar-refractivity contribution in [2.75, 3.05) is 0 Å². The lowest BCUT2D eigenvalue weighted by molar-refractivity contribution is -0.198. The second kappa shape index (κ2) is 2.29. The lowest BCUT2D eigenvalue weighted by Gasteiger charge is -2.59. The van der Waals surface area contributed by atoms with E-state index in [1.54, 1.807) is 0 Å². The Morgan fingerprint density at radius 3 is 1.77 bits per heavy atom. The molecule has 4 rings (SSSR count). The first-order valence-electron chi connectivity index (χ1n) is 5.49. The summed E-state index contributed by atoms with van der Waals surface area (Å²) in [5.41, 5.74) is -0.423. The van der Waals surface area contributed by atoms with Gasteiger partial charge in [0.25, 0.3) is 0 Å². The smallest absolute Gasteiger partial charge is 0.0676 e. The quantitative estimate of drug-likeness (QED) is 0.590. The third-order valence-corrected chi connectivity index (χ3v) is 4.97. The molecule has 0 radical (unpaired) electrons.